The van der Waals surface area contributed by atoms with Gasteiger partial charge in [0.15, 0.2) is 17.5 Å². The van der Waals surface area contributed by atoms with Gasteiger partial charge in [-0.2, -0.15) is 0 Å². The van der Waals surface area contributed by atoms with E-state index in [0.717, 1.165) is 12.1 Å². The lowest BCUT2D eigenvalue weighted by atomic mass is 10.1. The zero-order chi connectivity index (χ0) is 14.6. The standard InChI is InChI=1S/C13H16F3NO2/c1-3-6-17(7-8(2)13(18)19)10-5-4-9(14)11(15)12(10)16/h4-5,8H,3,6-7H2,1-2H3,(H,18,19). The van der Waals surface area contributed by atoms with E-state index in [0.29, 0.717) is 13.0 Å². The van der Waals surface area contributed by atoms with Crippen LogP contribution >= 0.6 is 0 Å². The zero-order valence-corrected chi connectivity index (χ0v) is 10.8. The summed E-state index contributed by atoms with van der Waals surface area (Å²) in [7, 11) is 0. The van der Waals surface area contributed by atoms with E-state index in [-0.39, 0.29) is 12.2 Å². The van der Waals surface area contributed by atoms with Crippen molar-refractivity contribution in [2.75, 3.05) is 18.0 Å². The van der Waals surface area contributed by atoms with Gasteiger partial charge < -0.3 is 10.0 Å². The Morgan fingerprint density at radius 3 is 2.47 bits per heavy atom. The molecule has 19 heavy (non-hydrogen) atoms. The third kappa shape index (κ3) is 3.62. The predicted octanol–water partition coefficient (Wildman–Crippen LogP) is 3.04. The van der Waals surface area contributed by atoms with Gasteiger partial charge in [-0.1, -0.05) is 13.8 Å². The minimum absolute atomic E-state index is 0.0329. The lowest BCUT2D eigenvalue weighted by molar-refractivity contribution is -0.140. The van der Waals surface area contributed by atoms with Crippen molar-refractivity contribution in [3.63, 3.8) is 0 Å². The largest absolute Gasteiger partial charge is 0.481 e. The lowest BCUT2D eigenvalue weighted by Gasteiger charge is -2.26. The van der Waals surface area contributed by atoms with Crippen molar-refractivity contribution in [3.05, 3.63) is 29.6 Å². The summed E-state index contributed by atoms with van der Waals surface area (Å²) >= 11 is 0. The van der Waals surface area contributed by atoms with Crippen molar-refractivity contribution >= 4 is 11.7 Å². The Labute approximate surface area is 109 Å². The number of halogens is 3. The van der Waals surface area contributed by atoms with Crippen LogP contribution in [0.15, 0.2) is 12.1 Å². The fourth-order valence-electron chi connectivity index (χ4n) is 1.75. The average Bonchev–Trinajstić information content (AvgIpc) is 2.35. The van der Waals surface area contributed by atoms with E-state index in [9.17, 15) is 18.0 Å². The first-order valence-electron chi connectivity index (χ1n) is 5.99. The zero-order valence-electron chi connectivity index (χ0n) is 10.8. The van der Waals surface area contributed by atoms with Gasteiger partial charge in [-0.25, -0.2) is 13.2 Å². The molecule has 1 aromatic rings. The first-order valence-corrected chi connectivity index (χ1v) is 5.99. The molecule has 1 unspecified atom stereocenters. The molecule has 0 amide bonds. The number of benzene rings is 1. The molecule has 0 aliphatic heterocycles. The van der Waals surface area contributed by atoms with E-state index in [1.807, 2.05) is 6.92 Å². The molecule has 0 aliphatic carbocycles. The van der Waals surface area contributed by atoms with Crippen LogP contribution < -0.4 is 4.90 Å². The van der Waals surface area contributed by atoms with E-state index in [1.165, 1.54) is 11.8 Å². The number of carboxylic acid groups (broad SMARTS) is 1. The smallest absolute Gasteiger partial charge is 0.308 e. The molecule has 0 spiro atoms. The van der Waals surface area contributed by atoms with Gasteiger partial charge >= 0.3 is 5.97 Å². The van der Waals surface area contributed by atoms with E-state index in [4.69, 9.17) is 5.11 Å². The van der Waals surface area contributed by atoms with Gasteiger partial charge in [-0.05, 0) is 18.6 Å². The minimum atomic E-state index is -1.54. The molecule has 0 aliphatic rings. The molecule has 106 valence electrons. The summed E-state index contributed by atoms with van der Waals surface area (Å²) in [5, 5.41) is 8.86. The maximum absolute atomic E-state index is 13.7. The third-order valence-corrected chi connectivity index (χ3v) is 2.76. The van der Waals surface area contributed by atoms with Gasteiger partial charge in [0, 0.05) is 13.1 Å². The highest BCUT2D eigenvalue weighted by molar-refractivity contribution is 5.70. The first kappa shape index (κ1) is 15.3. The van der Waals surface area contributed by atoms with Gasteiger partial charge in [-0.15, -0.1) is 0 Å². The molecule has 0 fully saturated rings. The molecule has 0 heterocycles. The number of hydrogen-bond acceptors (Lipinski definition) is 2. The Hall–Kier alpha value is -1.72. The quantitative estimate of drug-likeness (QED) is 0.811. The number of aliphatic carboxylic acids is 1. The normalized spacial score (nSPS) is 12.3. The van der Waals surface area contributed by atoms with E-state index in [2.05, 4.69) is 0 Å². The number of anilines is 1. The lowest BCUT2D eigenvalue weighted by Crippen LogP contribution is -2.33. The fourth-order valence-corrected chi connectivity index (χ4v) is 1.75. The van der Waals surface area contributed by atoms with Crippen molar-refractivity contribution < 1.29 is 23.1 Å². The number of hydrogen-bond donors (Lipinski definition) is 1. The van der Waals surface area contributed by atoms with Crippen LogP contribution in [0.2, 0.25) is 0 Å². The second-order valence-corrected chi connectivity index (χ2v) is 4.38. The maximum Gasteiger partial charge on any atom is 0.308 e. The summed E-state index contributed by atoms with van der Waals surface area (Å²) in [5.74, 6) is -5.85. The average molecular weight is 275 g/mol. The van der Waals surface area contributed by atoms with Crippen LogP contribution in [0.3, 0.4) is 0 Å². The Bertz CT molecular complexity index is 465. The molecule has 0 saturated carbocycles. The van der Waals surface area contributed by atoms with Crippen molar-refractivity contribution in [2.24, 2.45) is 5.92 Å². The Kier molecular flexibility index (Phi) is 5.20. The van der Waals surface area contributed by atoms with Gasteiger partial charge in [0.1, 0.15) is 0 Å². The van der Waals surface area contributed by atoms with E-state index in [1.54, 1.807) is 0 Å². The summed E-state index contributed by atoms with van der Waals surface area (Å²) in [6, 6.07) is 1.96. The molecular formula is C13H16F3NO2. The summed E-state index contributed by atoms with van der Waals surface area (Å²) in [5.41, 5.74) is -0.117. The summed E-state index contributed by atoms with van der Waals surface area (Å²) in [6.45, 7) is 3.70. The van der Waals surface area contributed by atoms with Gasteiger partial charge in [0.25, 0.3) is 0 Å². The highest BCUT2D eigenvalue weighted by Gasteiger charge is 2.21. The molecule has 0 saturated heterocycles. The first-order chi connectivity index (χ1) is 8.88. The molecular weight excluding hydrogens is 259 g/mol. The number of nitrogens with zero attached hydrogens (tertiary/aromatic N) is 1. The molecule has 6 heteroatoms. The number of carboxylic acids is 1. The van der Waals surface area contributed by atoms with Crippen LogP contribution in [0.4, 0.5) is 18.9 Å². The van der Waals surface area contributed by atoms with E-state index < -0.39 is 29.3 Å². The Balaban J connectivity index is 3.05. The van der Waals surface area contributed by atoms with Crippen molar-refractivity contribution in [3.8, 4) is 0 Å². The summed E-state index contributed by atoms with van der Waals surface area (Å²) in [4.78, 5) is 12.2. The minimum Gasteiger partial charge on any atom is -0.481 e. The van der Waals surface area contributed by atoms with Crippen LogP contribution in [-0.4, -0.2) is 24.2 Å². The van der Waals surface area contributed by atoms with Crippen molar-refractivity contribution in [2.45, 2.75) is 20.3 Å². The monoisotopic (exact) mass is 275 g/mol. The van der Waals surface area contributed by atoms with Gasteiger partial charge in [0.2, 0.25) is 0 Å². The molecule has 0 bridgehead atoms. The molecule has 1 N–H and O–H groups in total. The van der Waals surface area contributed by atoms with E-state index >= 15 is 0 Å². The molecule has 1 rings (SSSR count). The van der Waals surface area contributed by atoms with Crippen molar-refractivity contribution in [1.82, 2.24) is 0 Å². The molecule has 3 nitrogen and oxygen atoms in total. The van der Waals surface area contributed by atoms with Crippen LogP contribution in [-0.2, 0) is 4.79 Å². The van der Waals surface area contributed by atoms with Crippen LogP contribution in [0, 0.1) is 23.4 Å². The summed E-state index contributed by atoms with van der Waals surface area (Å²) in [6.07, 6.45) is 0.630. The summed E-state index contributed by atoms with van der Waals surface area (Å²) < 4.78 is 39.8. The van der Waals surface area contributed by atoms with Gasteiger partial charge in [0.05, 0.1) is 11.6 Å². The van der Waals surface area contributed by atoms with Gasteiger partial charge in [-0.3, -0.25) is 4.79 Å². The number of carbonyl (C=O) groups is 1. The van der Waals surface area contributed by atoms with Crippen LogP contribution in [0.25, 0.3) is 0 Å². The number of rotatable bonds is 6. The fraction of sp³-hybridized carbons (Fsp3) is 0.462. The second kappa shape index (κ2) is 6.45. The second-order valence-electron chi connectivity index (χ2n) is 4.38. The highest BCUT2D eigenvalue weighted by Crippen LogP contribution is 2.24. The van der Waals surface area contributed by atoms with Crippen molar-refractivity contribution in [1.29, 1.82) is 0 Å². The predicted molar refractivity (Wildman–Crippen MR) is 65.6 cm³/mol. The third-order valence-electron chi connectivity index (χ3n) is 2.76. The topological polar surface area (TPSA) is 40.5 Å². The Morgan fingerprint density at radius 1 is 1.32 bits per heavy atom. The molecule has 0 radical (unpaired) electrons. The molecule has 1 aromatic carbocycles. The molecule has 0 aromatic heterocycles. The highest BCUT2D eigenvalue weighted by atomic mass is 19.2. The van der Waals surface area contributed by atoms with Crippen LogP contribution in [0.1, 0.15) is 20.3 Å². The van der Waals surface area contributed by atoms with Crippen LogP contribution in [0.5, 0.6) is 0 Å². The maximum atomic E-state index is 13.7. The Morgan fingerprint density at radius 2 is 1.95 bits per heavy atom. The SMILES string of the molecule is CCCN(CC(C)C(=O)O)c1ccc(F)c(F)c1F. The molecule has 1 atom stereocenters.